The van der Waals surface area contributed by atoms with Gasteiger partial charge in [-0.15, -0.1) is 0 Å². The molecule has 0 aliphatic heterocycles. The van der Waals surface area contributed by atoms with Crippen LogP contribution in [0, 0.1) is 0 Å². The van der Waals surface area contributed by atoms with Crippen LogP contribution in [0.1, 0.15) is 41.3 Å². The maximum Gasteiger partial charge on any atom is 0.257 e. The lowest BCUT2D eigenvalue weighted by Crippen LogP contribution is -2.28. The zero-order valence-electron chi connectivity index (χ0n) is 17.7. The lowest BCUT2D eigenvalue weighted by Gasteiger charge is -2.20. The molecular formula is C26H29NO3. The van der Waals surface area contributed by atoms with Crippen molar-refractivity contribution < 1.29 is 14.3 Å². The summed E-state index contributed by atoms with van der Waals surface area (Å²) in [4.78, 5) is 14.7. The molecule has 4 heteroatoms. The van der Waals surface area contributed by atoms with Gasteiger partial charge in [0.25, 0.3) is 5.91 Å². The van der Waals surface area contributed by atoms with Crippen molar-refractivity contribution in [3.63, 3.8) is 0 Å². The Kier molecular flexibility index (Phi) is 7.90. The molecule has 156 valence electrons. The fourth-order valence-electron chi connectivity index (χ4n) is 3.07. The molecule has 0 heterocycles. The van der Waals surface area contributed by atoms with E-state index >= 15 is 0 Å². The summed E-state index contributed by atoms with van der Waals surface area (Å²) in [6, 6.07) is 25.4. The standard InChI is InChI=1S/C26H29NO3/c1-3-4-17-27(2)26(28)24-16-15-23(29-19-21-11-7-5-8-12-21)18-25(24)30-20-22-13-9-6-10-14-22/h5-16,18H,3-4,17,19-20H2,1-2H3. The molecule has 0 atom stereocenters. The van der Waals surface area contributed by atoms with Crippen LogP contribution in [-0.2, 0) is 13.2 Å². The van der Waals surface area contributed by atoms with E-state index in [-0.39, 0.29) is 5.91 Å². The Morgan fingerprint density at radius 2 is 1.43 bits per heavy atom. The molecule has 0 aliphatic rings. The third kappa shape index (κ3) is 6.11. The molecule has 30 heavy (non-hydrogen) atoms. The third-order valence-corrected chi connectivity index (χ3v) is 4.86. The van der Waals surface area contributed by atoms with Gasteiger partial charge in [0.05, 0.1) is 5.56 Å². The van der Waals surface area contributed by atoms with Gasteiger partial charge in [-0.1, -0.05) is 74.0 Å². The summed E-state index contributed by atoms with van der Waals surface area (Å²) in [6.45, 7) is 3.69. The Bertz CT molecular complexity index is 926. The molecule has 3 rings (SSSR count). The molecule has 0 bridgehead atoms. The second-order valence-corrected chi connectivity index (χ2v) is 7.29. The molecule has 4 nitrogen and oxygen atoms in total. The molecule has 0 spiro atoms. The molecule has 3 aromatic carbocycles. The zero-order chi connectivity index (χ0) is 21.2. The minimum atomic E-state index is -0.0406. The quantitative estimate of drug-likeness (QED) is 0.435. The molecule has 0 aromatic heterocycles. The van der Waals surface area contributed by atoms with Crippen LogP contribution in [0.4, 0.5) is 0 Å². The largest absolute Gasteiger partial charge is 0.489 e. The highest BCUT2D eigenvalue weighted by molar-refractivity contribution is 5.97. The molecule has 0 fully saturated rings. The molecule has 0 saturated carbocycles. The lowest BCUT2D eigenvalue weighted by molar-refractivity contribution is 0.0788. The molecule has 3 aromatic rings. The van der Waals surface area contributed by atoms with Crippen molar-refractivity contribution in [1.82, 2.24) is 4.90 Å². The van der Waals surface area contributed by atoms with Crippen molar-refractivity contribution in [3.8, 4) is 11.5 Å². The summed E-state index contributed by atoms with van der Waals surface area (Å²) in [7, 11) is 1.83. The monoisotopic (exact) mass is 403 g/mol. The van der Waals surface area contributed by atoms with Gasteiger partial charge in [-0.3, -0.25) is 4.79 Å². The number of nitrogens with zero attached hydrogens (tertiary/aromatic N) is 1. The van der Waals surface area contributed by atoms with Gasteiger partial charge in [0.2, 0.25) is 0 Å². The highest BCUT2D eigenvalue weighted by atomic mass is 16.5. The topological polar surface area (TPSA) is 38.8 Å². The number of unbranched alkanes of at least 4 members (excludes halogenated alkanes) is 1. The van der Waals surface area contributed by atoms with E-state index in [4.69, 9.17) is 9.47 Å². The number of amides is 1. The van der Waals surface area contributed by atoms with Crippen molar-refractivity contribution in [2.75, 3.05) is 13.6 Å². The van der Waals surface area contributed by atoms with Gasteiger partial charge < -0.3 is 14.4 Å². The van der Waals surface area contributed by atoms with E-state index in [1.165, 1.54) is 0 Å². The fraction of sp³-hybridized carbons (Fsp3) is 0.269. The summed E-state index contributed by atoms with van der Waals surface area (Å²) in [5.74, 6) is 1.17. The van der Waals surface area contributed by atoms with Crippen LogP contribution in [0.15, 0.2) is 78.9 Å². The molecule has 0 unspecified atom stereocenters. The first-order valence-electron chi connectivity index (χ1n) is 10.4. The number of hydrogen-bond acceptors (Lipinski definition) is 3. The first kappa shape index (κ1) is 21.4. The molecule has 0 aliphatic carbocycles. The number of carbonyl (C=O) groups excluding carboxylic acids is 1. The van der Waals surface area contributed by atoms with Crippen LogP contribution in [-0.4, -0.2) is 24.4 Å². The maximum absolute atomic E-state index is 13.0. The van der Waals surface area contributed by atoms with Gasteiger partial charge in [0.1, 0.15) is 24.7 Å². The summed E-state index contributed by atoms with van der Waals surface area (Å²) in [5.41, 5.74) is 2.69. The molecule has 1 amide bonds. The van der Waals surface area contributed by atoms with Crippen LogP contribution < -0.4 is 9.47 Å². The number of carbonyl (C=O) groups is 1. The van der Waals surface area contributed by atoms with Crippen molar-refractivity contribution in [1.29, 1.82) is 0 Å². The highest BCUT2D eigenvalue weighted by Gasteiger charge is 2.18. The minimum Gasteiger partial charge on any atom is -0.489 e. The van der Waals surface area contributed by atoms with Gasteiger partial charge in [0.15, 0.2) is 0 Å². The Labute approximate surface area is 179 Å². The van der Waals surface area contributed by atoms with Crippen LogP contribution in [0.5, 0.6) is 11.5 Å². The maximum atomic E-state index is 13.0. The van der Waals surface area contributed by atoms with E-state index in [0.717, 1.165) is 30.5 Å². The number of rotatable bonds is 10. The smallest absolute Gasteiger partial charge is 0.257 e. The second kappa shape index (κ2) is 11.1. The molecule has 0 saturated heterocycles. The van der Waals surface area contributed by atoms with E-state index in [2.05, 4.69) is 6.92 Å². The predicted molar refractivity (Wildman–Crippen MR) is 120 cm³/mol. The van der Waals surface area contributed by atoms with Crippen molar-refractivity contribution in [3.05, 3.63) is 95.6 Å². The summed E-state index contributed by atoms with van der Waals surface area (Å²) in [6.07, 6.45) is 2.02. The predicted octanol–water partition coefficient (Wildman–Crippen LogP) is 5.72. The normalized spacial score (nSPS) is 10.5. The molecule has 0 N–H and O–H groups in total. The van der Waals surface area contributed by atoms with Gasteiger partial charge >= 0.3 is 0 Å². The number of ether oxygens (including phenoxy) is 2. The van der Waals surface area contributed by atoms with Crippen LogP contribution >= 0.6 is 0 Å². The third-order valence-electron chi connectivity index (χ3n) is 4.86. The fourth-order valence-corrected chi connectivity index (χ4v) is 3.07. The summed E-state index contributed by atoms with van der Waals surface area (Å²) < 4.78 is 12.0. The van der Waals surface area contributed by atoms with E-state index < -0.39 is 0 Å². The number of benzene rings is 3. The van der Waals surface area contributed by atoms with Gasteiger partial charge in [-0.2, -0.15) is 0 Å². The van der Waals surface area contributed by atoms with E-state index in [9.17, 15) is 4.79 Å². The Hall–Kier alpha value is -3.27. The SMILES string of the molecule is CCCCN(C)C(=O)c1ccc(OCc2ccccc2)cc1OCc1ccccc1. The van der Waals surface area contributed by atoms with Gasteiger partial charge in [0, 0.05) is 19.7 Å². The van der Waals surface area contributed by atoms with Crippen LogP contribution in [0.25, 0.3) is 0 Å². The van der Waals surface area contributed by atoms with Crippen LogP contribution in [0.3, 0.4) is 0 Å². The van der Waals surface area contributed by atoms with E-state index in [1.807, 2.05) is 79.8 Å². The van der Waals surface area contributed by atoms with Crippen molar-refractivity contribution in [2.45, 2.75) is 33.0 Å². The summed E-state index contributed by atoms with van der Waals surface area (Å²) >= 11 is 0. The Balaban J connectivity index is 1.78. The highest BCUT2D eigenvalue weighted by Crippen LogP contribution is 2.28. The molecule has 0 radical (unpaired) electrons. The van der Waals surface area contributed by atoms with Crippen LogP contribution in [0.2, 0.25) is 0 Å². The summed E-state index contributed by atoms with van der Waals surface area (Å²) in [5, 5.41) is 0. The Morgan fingerprint density at radius 3 is 2.03 bits per heavy atom. The van der Waals surface area contributed by atoms with Crippen molar-refractivity contribution in [2.24, 2.45) is 0 Å². The Morgan fingerprint density at radius 1 is 0.833 bits per heavy atom. The second-order valence-electron chi connectivity index (χ2n) is 7.29. The van der Waals surface area contributed by atoms with Crippen molar-refractivity contribution >= 4 is 5.91 Å². The number of hydrogen-bond donors (Lipinski definition) is 0. The zero-order valence-corrected chi connectivity index (χ0v) is 17.7. The first-order valence-corrected chi connectivity index (χ1v) is 10.4. The van der Waals surface area contributed by atoms with E-state index in [0.29, 0.717) is 30.3 Å². The average molecular weight is 404 g/mol. The minimum absolute atomic E-state index is 0.0406. The van der Waals surface area contributed by atoms with Gasteiger partial charge in [-0.05, 0) is 29.7 Å². The lowest BCUT2D eigenvalue weighted by atomic mass is 10.1. The van der Waals surface area contributed by atoms with Gasteiger partial charge in [-0.25, -0.2) is 0 Å². The first-order chi connectivity index (χ1) is 14.7. The molecular weight excluding hydrogens is 374 g/mol. The average Bonchev–Trinajstić information content (AvgIpc) is 2.80. The van der Waals surface area contributed by atoms with E-state index in [1.54, 1.807) is 11.0 Å².